The Morgan fingerprint density at radius 1 is 1.14 bits per heavy atom. The van der Waals surface area contributed by atoms with Crippen LogP contribution >= 0.6 is 0 Å². The number of nitrogens with one attached hydrogen (secondary N) is 1. The molecule has 0 aliphatic rings. The first-order chi connectivity index (χ1) is 9.96. The number of nitrogens with two attached hydrogens (primary N) is 1. The van der Waals surface area contributed by atoms with Gasteiger partial charge in [-0.2, -0.15) is 0 Å². The standard InChI is InChI=1S/C14H17N3O3S/c1-20-14-7-4-12(9-17-14)8-16-13-5-2-11(3-6-13)10-21(15,18)19/h2-7,9,16H,8,10H2,1H3,(H2,15,18,19). The van der Waals surface area contributed by atoms with Crippen molar-refractivity contribution in [3.63, 3.8) is 0 Å². The van der Waals surface area contributed by atoms with Crippen molar-refractivity contribution >= 4 is 15.7 Å². The van der Waals surface area contributed by atoms with Crippen LogP contribution in [0, 0.1) is 0 Å². The van der Waals surface area contributed by atoms with Gasteiger partial charge in [0.25, 0.3) is 0 Å². The fraction of sp³-hybridized carbons (Fsp3) is 0.214. The molecule has 0 atom stereocenters. The van der Waals surface area contributed by atoms with E-state index in [1.807, 2.05) is 18.2 Å². The number of nitrogens with zero attached hydrogens (tertiary/aromatic N) is 1. The van der Waals surface area contributed by atoms with Crippen LogP contribution in [0.15, 0.2) is 42.6 Å². The van der Waals surface area contributed by atoms with Gasteiger partial charge in [0.1, 0.15) is 0 Å². The number of primary sulfonamides is 1. The molecule has 0 bridgehead atoms. The first-order valence-electron chi connectivity index (χ1n) is 6.28. The van der Waals surface area contributed by atoms with Gasteiger partial charge in [0, 0.05) is 24.5 Å². The van der Waals surface area contributed by atoms with Crippen LogP contribution in [-0.2, 0) is 22.3 Å². The molecule has 0 unspecified atom stereocenters. The normalized spacial score (nSPS) is 11.1. The number of benzene rings is 1. The Hall–Kier alpha value is -2.12. The van der Waals surface area contributed by atoms with E-state index in [0.29, 0.717) is 18.0 Å². The summed E-state index contributed by atoms with van der Waals surface area (Å²) in [6, 6.07) is 10.8. The van der Waals surface area contributed by atoms with Gasteiger partial charge in [-0.05, 0) is 23.3 Å². The Morgan fingerprint density at radius 3 is 2.33 bits per heavy atom. The third-order valence-electron chi connectivity index (χ3n) is 2.83. The Bertz CT molecular complexity index is 682. The average molecular weight is 307 g/mol. The fourth-order valence-corrected chi connectivity index (χ4v) is 2.45. The van der Waals surface area contributed by atoms with E-state index < -0.39 is 10.0 Å². The van der Waals surface area contributed by atoms with Crippen molar-refractivity contribution in [2.45, 2.75) is 12.3 Å². The lowest BCUT2D eigenvalue weighted by Crippen LogP contribution is -2.14. The minimum Gasteiger partial charge on any atom is -0.481 e. The molecule has 0 amide bonds. The van der Waals surface area contributed by atoms with Gasteiger partial charge in [0.15, 0.2) is 0 Å². The van der Waals surface area contributed by atoms with E-state index in [1.165, 1.54) is 0 Å². The van der Waals surface area contributed by atoms with Gasteiger partial charge in [-0.1, -0.05) is 18.2 Å². The number of hydrogen-bond acceptors (Lipinski definition) is 5. The molecular weight excluding hydrogens is 290 g/mol. The van der Waals surface area contributed by atoms with E-state index in [9.17, 15) is 8.42 Å². The van der Waals surface area contributed by atoms with Gasteiger partial charge in [0.05, 0.1) is 12.9 Å². The monoisotopic (exact) mass is 307 g/mol. The number of rotatable bonds is 6. The van der Waals surface area contributed by atoms with Crippen LogP contribution in [-0.4, -0.2) is 20.5 Å². The molecule has 0 saturated heterocycles. The average Bonchev–Trinajstić information content (AvgIpc) is 2.45. The molecular formula is C14H17N3O3S. The van der Waals surface area contributed by atoms with Crippen LogP contribution in [0.25, 0.3) is 0 Å². The lowest BCUT2D eigenvalue weighted by Gasteiger charge is -2.08. The van der Waals surface area contributed by atoms with Crippen LogP contribution < -0.4 is 15.2 Å². The topological polar surface area (TPSA) is 94.3 Å². The highest BCUT2D eigenvalue weighted by Crippen LogP contribution is 2.13. The van der Waals surface area contributed by atoms with Crippen molar-refractivity contribution < 1.29 is 13.2 Å². The molecule has 1 aromatic carbocycles. The first kappa shape index (κ1) is 15.3. The van der Waals surface area contributed by atoms with E-state index >= 15 is 0 Å². The second-order valence-electron chi connectivity index (χ2n) is 4.57. The molecule has 3 N–H and O–H groups in total. The summed E-state index contributed by atoms with van der Waals surface area (Å²) in [5, 5.41) is 8.23. The third-order valence-corrected chi connectivity index (χ3v) is 3.56. The summed E-state index contributed by atoms with van der Waals surface area (Å²) in [7, 11) is -1.92. The molecule has 112 valence electrons. The Balaban J connectivity index is 1.94. The van der Waals surface area contributed by atoms with Gasteiger partial charge < -0.3 is 10.1 Å². The van der Waals surface area contributed by atoms with Gasteiger partial charge >= 0.3 is 0 Å². The van der Waals surface area contributed by atoms with Crippen molar-refractivity contribution in [1.29, 1.82) is 0 Å². The number of aromatic nitrogens is 1. The van der Waals surface area contributed by atoms with E-state index in [0.717, 1.165) is 11.3 Å². The second kappa shape index (κ2) is 6.55. The summed E-state index contributed by atoms with van der Waals surface area (Å²) >= 11 is 0. The van der Waals surface area contributed by atoms with Crippen molar-refractivity contribution in [3.8, 4) is 5.88 Å². The first-order valence-corrected chi connectivity index (χ1v) is 8.00. The summed E-state index contributed by atoms with van der Waals surface area (Å²) in [6.45, 7) is 0.617. The van der Waals surface area contributed by atoms with Gasteiger partial charge in [-0.3, -0.25) is 0 Å². The summed E-state index contributed by atoms with van der Waals surface area (Å²) in [4.78, 5) is 4.12. The van der Waals surface area contributed by atoms with Crippen molar-refractivity contribution in [1.82, 2.24) is 4.98 Å². The molecule has 21 heavy (non-hydrogen) atoms. The largest absolute Gasteiger partial charge is 0.481 e. The Kier molecular flexibility index (Phi) is 4.77. The zero-order chi connectivity index (χ0) is 15.3. The molecule has 0 spiro atoms. The SMILES string of the molecule is COc1ccc(CNc2ccc(CS(N)(=O)=O)cc2)cn1. The highest BCUT2D eigenvalue weighted by Gasteiger charge is 2.04. The number of sulfonamides is 1. The third kappa shape index (κ3) is 5.05. The summed E-state index contributed by atoms with van der Waals surface area (Å²) in [6.07, 6.45) is 1.74. The van der Waals surface area contributed by atoms with E-state index in [4.69, 9.17) is 9.88 Å². The Labute approximate surface area is 124 Å². The molecule has 0 aliphatic heterocycles. The molecule has 7 heteroatoms. The highest BCUT2D eigenvalue weighted by atomic mass is 32.2. The quantitative estimate of drug-likeness (QED) is 0.843. The van der Waals surface area contributed by atoms with Crippen molar-refractivity contribution in [2.24, 2.45) is 5.14 Å². The minimum atomic E-state index is -3.49. The van der Waals surface area contributed by atoms with E-state index in [2.05, 4.69) is 10.3 Å². The van der Waals surface area contributed by atoms with Gasteiger partial charge in [0.2, 0.25) is 15.9 Å². The van der Waals surface area contributed by atoms with Crippen LogP contribution in [0.4, 0.5) is 5.69 Å². The molecule has 2 rings (SSSR count). The zero-order valence-electron chi connectivity index (χ0n) is 11.6. The number of anilines is 1. The summed E-state index contributed by atoms with van der Waals surface area (Å²) in [5.41, 5.74) is 2.57. The Morgan fingerprint density at radius 2 is 1.81 bits per heavy atom. The molecule has 0 aliphatic carbocycles. The maximum absolute atomic E-state index is 11.0. The van der Waals surface area contributed by atoms with Gasteiger partial charge in [-0.15, -0.1) is 0 Å². The molecule has 1 aromatic heterocycles. The van der Waals surface area contributed by atoms with Crippen LogP contribution in [0.3, 0.4) is 0 Å². The molecule has 1 heterocycles. The lowest BCUT2D eigenvalue weighted by atomic mass is 10.2. The molecule has 0 radical (unpaired) electrons. The molecule has 0 fully saturated rings. The number of ether oxygens (including phenoxy) is 1. The molecule has 2 aromatic rings. The van der Waals surface area contributed by atoms with E-state index in [1.54, 1.807) is 31.5 Å². The molecule has 0 saturated carbocycles. The smallest absolute Gasteiger partial charge is 0.213 e. The van der Waals surface area contributed by atoms with Gasteiger partial charge in [-0.25, -0.2) is 18.5 Å². The predicted octanol–water partition coefficient (Wildman–Crippen LogP) is 1.49. The van der Waals surface area contributed by atoms with Crippen LogP contribution in [0.1, 0.15) is 11.1 Å². The number of hydrogen-bond donors (Lipinski definition) is 2. The predicted molar refractivity (Wildman–Crippen MR) is 81.4 cm³/mol. The van der Waals surface area contributed by atoms with Crippen molar-refractivity contribution in [3.05, 3.63) is 53.7 Å². The highest BCUT2D eigenvalue weighted by molar-refractivity contribution is 7.88. The summed E-state index contributed by atoms with van der Waals surface area (Å²) < 4.78 is 27.0. The second-order valence-corrected chi connectivity index (χ2v) is 6.18. The summed E-state index contributed by atoms with van der Waals surface area (Å²) in [5.74, 6) is 0.418. The zero-order valence-corrected chi connectivity index (χ0v) is 12.4. The van der Waals surface area contributed by atoms with E-state index in [-0.39, 0.29) is 5.75 Å². The lowest BCUT2D eigenvalue weighted by molar-refractivity contribution is 0.397. The number of pyridine rings is 1. The maximum atomic E-state index is 11.0. The number of methoxy groups -OCH3 is 1. The minimum absolute atomic E-state index is 0.157. The van der Waals surface area contributed by atoms with Crippen LogP contribution in [0.5, 0.6) is 5.88 Å². The van der Waals surface area contributed by atoms with Crippen LogP contribution in [0.2, 0.25) is 0 Å². The fourth-order valence-electron chi connectivity index (χ4n) is 1.79. The maximum Gasteiger partial charge on any atom is 0.213 e. The van der Waals surface area contributed by atoms with Crippen molar-refractivity contribution in [2.75, 3.05) is 12.4 Å². The molecule has 6 nitrogen and oxygen atoms in total.